The molecule has 1 rings (SSSR count). The number of nitrogens with zero attached hydrogens (tertiary/aromatic N) is 3. The summed E-state index contributed by atoms with van der Waals surface area (Å²) < 4.78 is 31.7. The quantitative estimate of drug-likeness (QED) is 0.318. The molecule has 0 aromatic carbocycles. The fourth-order valence-electron chi connectivity index (χ4n) is 2.39. The molecule has 0 aromatic heterocycles. The summed E-state index contributed by atoms with van der Waals surface area (Å²) in [5.74, 6) is 1.43. The molecule has 150 valence electrons. The Balaban J connectivity index is 0.00000576. The first kappa shape index (κ1) is 24.9. The van der Waals surface area contributed by atoms with Gasteiger partial charge in [0.2, 0.25) is 10.0 Å². The Morgan fingerprint density at radius 1 is 1.16 bits per heavy atom. The molecule has 0 saturated carbocycles. The number of guanidine groups is 1. The van der Waals surface area contributed by atoms with Crippen LogP contribution in [0.5, 0.6) is 0 Å². The topological polar surface area (TPSA) is 74.2 Å². The molecule has 25 heavy (non-hydrogen) atoms. The van der Waals surface area contributed by atoms with Gasteiger partial charge in [-0.2, -0.15) is 4.31 Å². The maximum atomic E-state index is 12.4. The van der Waals surface area contributed by atoms with Gasteiger partial charge in [-0.3, -0.25) is 4.99 Å². The third-order valence-electron chi connectivity index (χ3n) is 3.67. The van der Waals surface area contributed by atoms with Crippen LogP contribution in [0, 0.1) is 5.92 Å². The van der Waals surface area contributed by atoms with E-state index in [0.29, 0.717) is 32.1 Å². The molecule has 0 radical (unpaired) electrons. The highest BCUT2D eigenvalue weighted by atomic mass is 127. The normalized spacial score (nSPS) is 17.1. The Bertz CT molecular complexity index is 490. The maximum absolute atomic E-state index is 12.4. The average molecular weight is 490 g/mol. The molecular weight excluding hydrogens is 455 g/mol. The van der Waals surface area contributed by atoms with Gasteiger partial charge < -0.3 is 15.0 Å². The highest BCUT2D eigenvalue weighted by Crippen LogP contribution is 2.09. The number of nitrogens with one attached hydrogen (secondary N) is 1. The second-order valence-corrected chi connectivity index (χ2v) is 8.80. The van der Waals surface area contributed by atoms with E-state index >= 15 is 0 Å². The zero-order valence-electron chi connectivity index (χ0n) is 16.2. The van der Waals surface area contributed by atoms with Crippen molar-refractivity contribution >= 4 is 40.0 Å². The van der Waals surface area contributed by atoms with Crippen molar-refractivity contribution in [3.05, 3.63) is 0 Å². The van der Waals surface area contributed by atoms with Gasteiger partial charge in [0, 0.05) is 39.3 Å². The summed E-state index contributed by atoms with van der Waals surface area (Å²) >= 11 is 0. The molecule has 7 nitrogen and oxygen atoms in total. The lowest BCUT2D eigenvalue weighted by atomic mass is 10.2. The van der Waals surface area contributed by atoms with Crippen LogP contribution in [0.1, 0.15) is 34.6 Å². The number of sulfonamides is 1. The fraction of sp³-hybridized carbons (Fsp3) is 0.938. The molecule has 1 heterocycles. The zero-order chi connectivity index (χ0) is 18.2. The van der Waals surface area contributed by atoms with Crippen molar-refractivity contribution in [1.29, 1.82) is 0 Å². The Hall–Kier alpha value is -0.130. The number of hydrogen-bond acceptors (Lipinski definition) is 4. The first-order valence-electron chi connectivity index (χ1n) is 8.89. The molecule has 0 spiro atoms. The van der Waals surface area contributed by atoms with E-state index in [1.165, 1.54) is 0 Å². The lowest BCUT2D eigenvalue weighted by Crippen LogP contribution is -2.54. The smallest absolute Gasteiger partial charge is 0.216 e. The van der Waals surface area contributed by atoms with Gasteiger partial charge in [-0.1, -0.05) is 13.8 Å². The first-order valence-corrected chi connectivity index (χ1v) is 10.5. The van der Waals surface area contributed by atoms with Gasteiger partial charge in [-0.25, -0.2) is 8.42 Å². The molecule has 9 heteroatoms. The molecule has 1 saturated heterocycles. The molecule has 0 aromatic rings. The van der Waals surface area contributed by atoms with E-state index < -0.39 is 10.0 Å². The molecule has 1 N–H and O–H groups in total. The summed E-state index contributed by atoms with van der Waals surface area (Å²) in [5.41, 5.74) is 0. The van der Waals surface area contributed by atoms with Crippen LogP contribution in [0.25, 0.3) is 0 Å². The maximum Gasteiger partial charge on any atom is 0.216 e. The predicted molar refractivity (Wildman–Crippen MR) is 114 cm³/mol. The highest BCUT2D eigenvalue weighted by Gasteiger charge is 2.27. The van der Waals surface area contributed by atoms with E-state index in [1.807, 2.05) is 20.8 Å². The molecule has 1 fully saturated rings. The second kappa shape index (κ2) is 12.3. The number of ether oxygens (including phenoxy) is 1. The lowest BCUT2D eigenvalue weighted by molar-refractivity contribution is 0.0904. The van der Waals surface area contributed by atoms with Crippen molar-refractivity contribution in [2.24, 2.45) is 10.9 Å². The summed E-state index contributed by atoms with van der Waals surface area (Å²) in [5, 5.41) is 3.30. The van der Waals surface area contributed by atoms with Gasteiger partial charge in [0.05, 0.1) is 18.5 Å². The zero-order valence-corrected chi connectivity index (χ0v) is 19.3. The third-order valence-corrected chi connectivity index (χ3v) is 5.50. The van der Waals surface area contributed by atoms with E-state index in [9.17, 15) is 8.42 Å². The predicted octanol–water partition coefficient (Wildman–Crippen LogP) is 1.60. The van der Waals surface area contributed by atoms with Crippen molar-refractivity contribution in [1.82, 2.24) is 14.5 Å². The number of aliphatic imine (C=N–C) groups is 1. The number of piperazine rings is 1. The van der Waals surface area contributed by atoms with Gasteiger partial charge in [-0.05, 0) is 26.7 Å². The van der Waals surface area contributed by atoms with E-state index in [1.54, 1.807) is 4.31 Å². The molecule has 1 aliphatic heterocycles. The molecule has 0 atom stereocenters. The van der Waals surface area contributed by atoms with Crippen LogP contribution < -0.4 is 5.32 Å². The van der Waals surface area contributed by atoms with E-state index in [0.717, 1.165) is 19.0 Å². The van der Waals surface area contributed by atoms with Crippen LogP contribution in [0.3, 0.4) is 0 Å². The summed E-state index contributed by atoms with van der Waals surface area (Å²) in [6.07, 6.45) is 0.0527. The van der Waals surface area contributed by atoms with Crippen LogP contribution >= 0.6 is 24.0 Å². The molecule has 0 bridgehead atoms. The molecule has 0 amide bonds. The van der Waals surface area contributed by atoms with Gasteiger partial charge in [0.25, 0.3) is 0 Å². The highest BCUT2D eigenvalue weighted by molar-refractivity contribution is 14.0. The van der Waals surface area contributed by atoms with Gasteiger partial charge in [-0.15, -0.1) is 24.0 Å². The Morgan fingerprint density at radius 2 is 1.76 bits per heavy atom. The minimum absolute atomic E-state index is 0. The van der Waals surface area contributed by atoms with Crippen molar-refractivity contribution in [3.63, 3.8) is 0 Å². The summed E-state index contributed by atoms with van der Waals surface area (Å²) in [7, 11) is -3.24. The molecule has 1 aliphatic rings. The fourth-order valence-corrected chi connectivity index (χ4v) is 3.68. The first-order chi connectivity index (χ1) is 11.3. The minimum atomic E-state index is -3.24. The van der Waals surface area contributed by atoms with Crippen molar-refractivity contribution in [2.75, 3.05) is 51.6 Å². The summed E-state index contributed by atoms with van der Waals surface area (Å²) in [6, 6.07) is 0. The largest absolute Gasteiger partial charge is 0.378 e. The lowest BCUT2D eigenvalue weighted by Gasteiger charge is -2.36. The Kier molecular flexibility index (Phi) is 12.2. The monoisotopic (exact) mass is 490 g/mol. The van der Waals surface area contributed by atoms with E-state index in [-0.39, 0.29) is 42.4 Å². The van der Waals surface area contributed by atoms with Crippen molar-refractivity contribution in [2.45, 2.75) is 40.7 Å². The standard InChI is InChI=1S/C16H34N4O3S.HI/c1-6-17-16(18-13-14(2)3)19-7-9-20(10-8-19)24(21,22)12-11-23-15(4)5;/h14-15H,6-13H2,1-5H3,(H,17,18);1H. The SMILES string of the molecule is CCNC(=NCC(C)C)N1CCN(S(=O)(=O)CCOC(C)C)CC1.I. The molecular formula is C16H35IN4O3S. The Labute approximate surface area is 170 Å². The van der Waals surface area contributed by atoms with Crippen molar-refractivity contribution in [3.8, 4) is 0 Å². The second-order valence-electron chi connectivity index (χ2n) is 6.71. The van der Waals surface area contributed by atoms with E-state index in [4.69, 9.17) is 4.74 Å². The minimum Gasteiger partial charge on any atom is -0.378 e. The van der Waals surface area contributed by atoms with Crippen LogP contribution in [0.2, 0.25) is 0 Å². The molecule has 0 aliphatic carbocycles. The van der Waals surface area contributed by atoms with Crippen molar-refractivity contribution < 1.29 is 13.2 Å². The summed E-state index contributed by atoms with van der Waals surface area (Å²) in [4.78, 5) is 6.78. The van der Waals surface area contributed by atoms with Crippen LogP contribution in [0.4, 0.5) is 0 Å². The summed E-state index contributed by atoms with van der Waals surface area (Å²) in [6.45, 7) is 14.3. The van der Waals surface area contributed by atoms with Gasteiger partial charge in [0.1, 0.15) is 0 Å². The van der Waals surface area contributed by atoms with Crippen LogP contribution in [0.15, 0.2) is 4.99 Å². The third kappa shape index (κ3) is 9.39. The number of halogens is 1. The number of rotatable bonds is 8. The van der Waals surface area contributed by atoms with Gasteiger partial charge in [0.15, 0.2) is 5.96 Å². The van der Waals surface area contributed by atoms with E-state index in [2.05, 4.69) is 29.1 Å². The van der Waals surface area contributed by atoms with Crippen LogP contribution in [-0.2, 0) is 14.8 Å². The molecule has 0 unspecified atom stereocenters. The number of hydrogen-bond donors (Lipinski definition) is 1. The van der Waals surface area contributed by atoms with Crippen LogP contribution in [-0.4, -0.2) is 81.3 Å². The van der Waals surface area contributed by atoms with Gasteiger partial charge >= 0.3 is 0 Å². The average Bonchev–Trinajstić information content (AvgIpc) is 2.51. The Morgan fingerprint density at radius 3 is 2.24 bits per heavy atom.